The van der Waals surface area contributed by atoms with Crippen LogP contribution in [0.2, 0.25) is 0 Å². The van der Waals surface area contributed by atoms with Crippen molar-refractivity contribution < 1.29 is 9.53 Å². The zero-order chi connectivity index (χ0) is 16.4. The van der Waals surface area contributed by atoms with Gasteiger partial charge < -0.3 is 14.2 Å². The Hall–Kier alpha value is -2.37. The topological polar surface area (TPSA) is 60.2 Å². The van der Waals surface area contributed by atoms with Gasteiger partial charge in [-0.2, -0.15) is 0 Å². The van der Waals surface area contributed by atoms with Crippen LogP contribution in [0.15, 0.2) is 24.5 Å². The van der Waals surface area contributed by atoms with Gasteiger partial charge in [0, 0.05) is 26.0 Å². The third kappa shape index (κ3) is 2.93. The molecule has 6 nitrogen and oxygen atoms in total. The molecule has 1 aliphatic rings. The molecule has 0 saturated carbocycles. The van der Waals surface area contributed by atoms with Crippen LogP contribution in [0.25, 0.3) is 0 Å². The van der Waals surface area contributed by atoms with Crippen LogP contribution in [0.1, 0.15) is 47.7 Å². The molecular weight excluding hydrogens is 292 g/mol. The Bertz CT molecular complexity index is 710. The predicted octanol–water partition coefficient (Wildman–Crippen LogP) is 2.50. The molecule has 0 aromatic carbocycles. The van der Waals surface area contributed by atoms with E-state index in [0.717, 1.165) is 30.9 Å². The molecule has 0 spiro atoms. The molecule has 1 atom stereocenters. The standard InChI is InChI=1S/C17H22N4O2/c1-4-23-16-13(7-5-9-18-16)17(22)21-10-6-8-14(21)15-19-12(2)11-20(15)3/h5,7,9,11,14H,4,6,8,10H2,1-3H3/t14-/m1/s1. The van der Waals surface area contributed by atoms with Crippen LogP contribution in [0.3, 0.4) is 0 Å². The molecule has 1 saturated heterocycles. The summed E-state index contributed by atoms with van der Waals surface area (Å²) in [5.74, 6) is 1.31. The maximum Gasteiger partial charge on any atom is 0.259 e. The van der Waals surface area contributed by atoms with Crippen LogP contribution >= 0.6 is 0 Å². The number of aryl methyl sites for hydroxylation is 2. The van der Waals surface area contributed by atoms with Gasteiger partial charge >= 0.3 is 0 Å². The second-order valence-electron chi connectivity index (χ2n) is 5.80. The fraction of sp³-hybridized carbons (Fsp3) is 0.471. The van der Waals surface area contributed by atoms with E-state index < -0.39 is 0 Å². The van der Waals surface area contributed by atoms with E-state index in [9.17, 15) is 4.79 Å². The van der Waals surface area contributed by atoms with Crippen molar-refractivity contribution in [2.24, 2.45) is 7.05 Å². The Morgan fingerprint density at radius 3 is 3.00 bits per heavy atom. The van der Waals surface area contributed by atoms with E-state index in [1.54, 1.807) is 18.3 Å². The van der Waals surface area contributed by atoms with Gasteiger partial charge in [-0.25, -0.2) is 9.97 Å². The highest BCUT2D eigenvalue weighted by Gasteiger charge is 2.34. The molecule has 3 heterocycles. The molecule has 0 unspecified atom stereocenters. The minimum atomic E-state index is -0.0373. The van der Waals surface area contributed by atoms with Crippen LogP contribution in [0.5, 0.6) is 5.88 Å². The normalized spacial score (nSPS) is 17.5. The van der Waals surface area contributed by atoms with Crippen LogP contribution in [-0.2, 0) is 7.05 Å². The second-order valence-corrected chi connectivity index (χ2v) is 5.80. The summed E-state index contributed by atoms with van der Waals surface area (Å²) < 4.78 is 7.52. The molecule has 23 heavy (non-hydrogen) atoms. The fourth-order valence-electron chi connectivity index (χ4n) is 3.18. The average Bonchev–Trinajstić information content (AvgIpc) is 3.13. The number of pyridine rings is 1. The van der Waals surface area contributed by atoms with Crippen molar-refractivity contribution in [2.75, 3.05) is 13.2 Å². The number of hydrogen-bond donors (Lipinski definition) is 0. The Morgan fingerprint density at radius 2 is 2.30 bits per heavy atom. The summed E-state index contributed by atoms with van der Waals surface area (Å²) in [6.45, 7) is 5.08. The Kier molecular flexibility index (Phi) is 4.32. The highest BCUT2D eigenvalue weighted by atomic mass is 16.5. The SMILES string of the molecule is CCOc1ncccc1C(=O)N1CCC[C@@H]1c1nc(C)cn1C. The number of imidazole rings is 1. The van der Waals surface area contributed by atoms with E-state index >= 15 is 0 Å². The third-order valence-electron chi connectivity index (χ3n) is 4.13. The van der Waals surface area contributed by atoms with Crippen LogP contribution in [-0.4, -0.2) is 38.5 Å². The molecule has 1 aliphatic heterocycles. The van der Waals surface area contributed by atoms with E-state index in [-0.39, 0.29) is 11.9 Å². The van der Waals surface area contributed by atoms with E-state index in [2.05, 4.69) is 9.97 Å². The number of aromatic nitrogens is 3. The Balaban J connectivity index is 1.91. The van der Waals surface area contributed by atoms with Crippen molar-refractivity contribution in [1.82, 2.24) is 19.4 Å². The van der Waals surface area contributed by atoms with Gasteiger partial charge in [0.1, 0.15) is 11.4 Å². The van der Waals surface area contributed by atoms with E-state index in [1.807, 2.05) is 36.6 Å². The summed E-state index contributed by atoms with van der Waals surface area (Å²) in [5.41, 5.74) is 1.49. The number of carbonyl (C=O) groups excluding carboxylic acids is 1. The number of nitrogens with zero attached hydrogens (tertiary/aromatic N) is 4. The maximum atomic E-state index is 13.0. The molecular formula is C17H22N4O2. The van der Waals surface area contributed by atoms with Crippen molar-refractivity contribution in [3.63, 3.8) is 0 Å². The monoisotopic (exact) mass is 314 g/mol. The molecule has 2 aromatic rings. The van der Waals surface area contributed by atoms with E-state index in [0.29, 0.717) is 18.1 Å². The van der Waals surface area contributed by atoms with Crippen LogP contribution < -0.4 is 4.74 Å². The number of likely N-dealkylation sites (tertiary alicyclic amines) is 1. The fourth-order valence-corrected chi connectivity index (χ4v) is 3.18. The lowest BCUT2D eigenvalue weighted by molar-refractivity contribution is 0.0723. The lowest BCUT2D eigenvalue weighted by Gasteiger charge is -2.25. The molecule has 0 N–H and O–H groups in total. The highest BCUT2D eigenvalue weighted by molar-refractivity contribution is 5.96. The maximum absolute atomic E-state index is 13.0. The summed E-state index contributed by atoms with van der Waals surface area (Å²) in [7, 11) is 1.98. The van der Waals surface area contributed by atoms with Gasteiger partial charge in [0.25, 0.3) is 5.91 Å². The van der Waals surface area contributed by atoms with Gasteiger partial charge in [-0.3, -0.25) is 4.79 Å². The highest BCUT2D eigenvalue weighted by Crippen LogP contribution is 2.33. The first-order chi connectivity index (χ1) is 11.1. The van der Waals surface area contributed by atoms with Gasteiger partial charge in [0.15, 0.2) is 0 Å². The largest absolute Gasteiger partial charge is 0.477 e. The molecule has 0 aliphatic carbocycles. The van der Waals surface area contributed by atoms with Crippen LogP contribution in [0.4, 0.5) is 0 Å². The van der Waals surface area contributed by atoms with Gasteiger partial charge in [-0.15, -0.1) is 0 Å². The molecule has 1 amide bonds. The molecule has 122 valence electrons. The van der Waals surface area contributed by atoms with Crippen molar-refractivity contribution in [1.29, 1.82) is 0 Å². The van der Waals surface area contributed by atoms with Gasteiger partial charge in [-0.05, 0) is 38.8 Å². The molecule has 6 heteroatoms. The lowest BCUT2D eigenvalue weighted by Crippen LogP contribution is -2.32. The zero-order valence-corrected chi connectivity index (χ0v) is 13.8. The first kappa shape index (κ1) is 15.5. The summed E-state index contributed by atoms with van der Waals surface area (Å²) >= 11 is 0. The van der Waals surface area contributed by atoms with E-state index in [4.69, 9.17) is 4.74 Å². The Morgan fingerprint density at radius 1 is 1.48 bits per heavy atom. The summed E-state index contributed by atoms with van der Waals surface area (Å²) in [5, 5.41) is 0. The molecule has 2 aromatic heterocycles. The average molecular weight is 314 g/mol. The molecule has 3 rings (SSSR count). The minimum Gasteiger partial charge on any atom is -0.477 e. The molecule has 0 bridgehead atoms. The van der Waals surface area contributed by atoms with E-state index in [1.165, 1.54) is 0 Å². The summed E-state index contributed by atoms with van der Waals surface area (Å²) in [4.78, 5) is 23.7. The quantitative estimate of drug-likeness (QED) is 0.870. The number of ether oxygens (including phenoxy) is 1. The first-order valence-corrected chi connectivity index (χ1v) is 8.00. The number of rotatable bonds is 4. The van der Waals surface area contributed by atoms with Crippen molar-refractivity contribution in [3.05, 3.63) is 41.6 Å². The van der Waals surface area contributed by atoms with Crippen molar-refractivity contribution in [2.45, 2.75) is 32.7 Å². The smallest absolute Gasteiger partial charge is 0.259 e. The van der Waals surface area contributed by atoms with Crippen molar-refractivity contribution in [3.8, 4) is 5.88 Å². The van der Waals surface area contributed by atoms with Gasteiger partial charge in [0.05, 0.1) is 18.3 Å². The predicted molar refractivity (Wildman–Crippen MR) is 86.4 cm³/mol. The third-order valence-corrected chi connectivity index (χ3v) is 4.13. The number of hydrogen-bond acceptors (Lipinski definition) is 4. The van der Waals surface area contributed by atoms with Gasteiger partial charge in [0.2, 0.25) is 5.88 Å². The number of amides is 1. The molecule has 1 fully saturated rings. The zero-order valence-electron chi connectivity index (χ0n) is 13.8. The minimum absolute atomic E-state index is 0.0101. The summed E-state index contributed by atoms with van der Waals surface area (Å²) in [6, 6.07) is 3.56. The Labute approximate surface area is 136 Å². The second kappa shape index (κ2) is 6.40. The number of carbonyl (C=O) groups is 1. The van der Waals surface area contributed by atoms with Crippen LogP contribution in [0, 0.1) is 6.92 Å². The molecule has 0 radical (unpaired) electrons. The summed E-state index contributed by atoms with van der Waals surface area (Å²) in [6.07, 6.45) is 5.55. The van der Waals surface area contributed by atoms with Crippen molar-refractivity contribution >= 4 is 5.91 Å². The van der Waals surface area contributed by atoms with Gasteiger partial charge in [-0.1, -0.05) is 0 Å². The lowest BCUT2D eigenvalue weighted by atomic mass is 10.1. The first-order valence-electron chi connectivity index (χ1n) is 8.00.